The number of rotatable bonds is 6. The van der Waals surface area contributed by atoms with Crippen molar-refractivity contribution in [3.8, 4) is 0 Å². The summed E-state index contributed by atoms with van der Waals surface area (Å²) >= 11 is 0. The Kier molecular flexibility index (Phi) is 5.23. The predicted molar refractivity (Wildman–Crippen MR) is 96.3 cm³/mol. The number of nitrogens with zero attached hydrogens (tertiary/aromatic N) is 1. The molecule has 0 unspecified atom stereocenters. The first-order chi connectivity index (χ1) is 12.2. The van der Waals surface area contributed by atoms with Crippen molar-refractivity contribution < 1.29 is 13.9 Å². The molecule has 0 fully saturated rings. The molecule has 3 aromatic rings. The molecule has 2 aromatic carbocycles. The van der Waals surface area contributed by atoms with E-state index in [-0.39, 0.29) is 12.4 Å². The molecular weight excluding hydrogens is 319 g/mol. The fraction of sp³-hybridized carbons (Fsp3) is 0.200. The van der Waals surface area contributed by atoms with E-state index >= 15 is 0 Å². The first-order valence-corrected chi connectivity index (χ1v) is 8.22. The van der Waals surface area contributed by atoms with E-state index in [0.29, 0.717) is 28.7 Å². The Hall–Kier alpha value is -2.95. The Morgan fingerprint density at radius 3 is 2.76 bits per heavy atom. The molecule has 0 aliphatic heterocycles. The number of hydrogen-bond donors (Lipinski definition) is 1. The van der Waals surface area contributed by atoms with Crippen LogP contribution in [0.4, 0.5) is 10.1 Å². The predicted octanol–water partition coefficient (Wildman–Crippen LogP) is 4.21. The molecule has 0 amide bonds. The zero-order chi connectivity index (χ0) is 17.6. The summed E-state index contributed by atoms with van der Waals surface area (Å²) in [6.07, 6.45) is 2.26. The van der Waals surface area contributed by atoms with E-state index in [1.54, 1.807) is 13.0 Å². The van der Waals surface area contributed by atoms with Crippen molar-refractivity contribution in [3.63, 3.8) is 0 Å². The number of aromatic nitrogens is 1. The highest BCUT2D eigenvalue weighted by Gasteiger charge is 2.17. The van der Waals surface area contributed by atoms with Crippen LogP contribution in [0, 0.1) is 5.82 Å². The lowest BCUT2D eigenvalue weighted by molar-refractivity contribution is 0.0527. The normalized spacial score (nSPS) is 10.6. The molecule has 0 aliphatic rings. The van der Waals surface area contributed by atoms with Crippen LogP contribution < -0.4 is 5.32 Å². The van der Waals surface area contributed by atoms with Gasteiger partial charge in [0.05, 0.1) is 17.8 Å². The summed E-state index contributed by atoms with van der Waals surface area (Å²) in [5.41, 5.74) is 2.67. The fourth-order valence-electron chi connectivity index (χ4n) is 2.70. The molecule has 1 aromatic heterocycles. The van der Waals surface area contributed by atoms with Gasteiger partial charge >= 0.3 is 5.97 Å². The molecule has 0 saturated carbocycles. The third-order valence-electron chi connectivity index (χ3n) is 3.88. The number of fused-ring (bicyclic) bond motifs is 1. The number of nitrogens with one attached hydrogen (secondary N) is 1. The van der Waals surface area contributed by atoms with Crippen molar-refractivity contribution in [2.75, 3.05) is 18.5 Å². The number of carbonyl (C=O) groups excluding carboxylic acids is 1. The van der Waals surface area contributed by atoms with Gasteiger partial charge in [0.25, 0.3) is 0 Å². The second kappa shape index (κ2) is 7.75. The van der Waals surface area contributed by atoms with Gasteiger partial charge in [0.15, 0.2) is 0 Å². The van der Waals surface area contributed by atoms with Crippen molar-refractivity contribution in [3.05, 3.63) is 71.7 Å². The molecule has 0 aliphatic carbocycles. The van der Waals surface area contributed by atoms with Crippen LogP contribution in [-0.4, -0.2) is 24.1 Å². The molecule has 0 saturated heterocycles. The maximum Gasteiger partial charge on any atom is 0.341 e. The number of ether oxygens (including phenoxy) is 1. The molecule has 128 valence electrons. The van der Waals surface area contributed by atoms with Crippen LogP contribution >= 0.6 is 0 Å². The van der Waals surface area contributed by atoms with Crippen LogP contribution in [-0.2, 0) is 11.2 Å². The first kappa shape index (κ1) is 16.9. The highest BCUT2D eigenvalue weighted by molar-refractivity contribution is 6.04. The van der Waals surface area contributed by atoms with Crippen LogP contribution in [0.5, 0.6) is 0 Å². The lowest BCUT2D eigenvalue weighted by atomic mass is 10.1. The zero-order valence-electron chi connectivity index (χ0n) is 14.0. The minimum absolute atomic E-state index is 0.267. The van der Waals surface area contributed by atoms with Gasteiger partial charge in [-0.05, 0) is 37.1 Å². The smallest absolute Gasteiger partial charge is 0.341 e. The number of carbonyl (C=O) groups is 1. The average Bonchev–Trinajstić information content (AvgIpc) is 2.63. The van der Waals surface area contributed by atoms with Gasteiger partial charge in [-0.2, -0.15) is 0 Å². The maximum absolute atomic E-state index is 13.7. The summed E-state index contributed by atoms with van der Waals surface area (Å²) in [7, 11) is 0. The van der Waals surface area contributed by atoms with Gasteiger partial charge in [-0.1, -0.05) is 30.3 Å². The van der Waals surface area contributed by atoms with Crippen molar-refractivity contribution in [1.82, 2.24) is 4.98 Å². The van der Waals surface area contributed by atoms with Crippen LogP contribution in [0.25, 0.3) is 10.9 Å². The standard InChI is InChI=1S/C20H19FN2O2/c1-2-25-20(24)17-13-23-18-9-8-15(21)12-16(18)19(17)22-11-10-14-6-4-3-5-7-14/h3-9,12-13H,2,10-11H2,1H3,(H,22,23). The highest BCUT2D eigenvalue weighted by atomic mass is 19.1. The Morgan fingerprint density at radius 1 is 1.20 bits per heavy atom. The monoisotopic (exact) mass is 338 g/mol. The third-order valence-corrected chi connectivity index (χ3v) is 3.88. The van der Waals surface area contributed by atoms with Gasteiger partial charge in [-0.15, -0.1) is 0 Å². The zero-order valence-corrected chi connectivity index (χ0v) is 14.0. The number of halogens is 1. The van der Waals surface area contributed by atoms with Gasteiger partial charge in [0.1, 0.15) is 11.4 Å². The Bertz CT molecular complexity index is 882. The number of esters is 1. The molecule has 1 heterocycles. The third kappa shape index (κ3) is 3.94. The van der Waals surface area contributed by atoms with Crippen molar-refractivity contribution in [2.24, 2.45) is 0 Å². The summed E-state index contributed by atoms with van der Waals surface area (Å²) < 4.78 is 18.8. The second-order valence-electron chi connectivity index (χ2n) is 5.59. The van der Waals surface area contributed by atoms with Gasteiger partial charge in [0, 0.05) is 18.1 Å². The molecule has 25 heavy (non-hydrogen) atoms. The van der Waals surface area contributed by atoms with E-state index in [9.17, 15) is 9.18 Å². The van der Waals surface area contributed by atoms with Gasteiger partial charge in [-0.25, -0.2) is 9.18 Å². The molecule has 5 heteroatoms. The highest BCUT2D eigenvalue weighted by Crippen LogP contribution is 2.27. The maximum atomic E-state index is 13.7. The Labute approximate surface area is 145 Å². The van der Waals surface area contributed by atoms with E-state index in [1.165, 1.54) is 23.9 Å². The summed E-state index contributed by atoms with van der Waals surface area (Å²) in [4.78, 5) is 16.5. The molecule has 0 bridgehead atoms. The fourth-order valence-corrected chi connectivity index (χ4v) is 2.70. The summed E-state index contributed by atoms with van der Waals surface area (Å²) in [6, 6.07) is 14.4. The summed E-state index contributed by atoms with van der Waals surface area (Å²) in [5.74, 6) is -0.843. The molecule has 4 nitrogen and oxygen atoms in total. The summed E-state index contributed by atoms with van der Waals surface area (Å²) in [5, 5.41) is 3.83. The SMILES string of the molecule is CCOC(=O)c1cnc2ccc(F)cc2c1NCCc1ccccc1. The first-order valence-electron chi connectivity index (χ1n) is 8.22. The quantitative estimate of drug-likeness (QED) is 0.684. The van der Waals surface area contributed by atoms with Crippen molar-refractivity contribution in [2.45, 2.75) is 13.3 Å². The van der Waals surface area contributed by atoms with Gasteiger partial charge in [0.2, 0.25) is 0 Å². The minimum Gasteiger partial charge on any atom is -0.462 e. The number of pyridine rings is 1. The Morgan fingerprint density at radius 2 is 2.00 bits per heavy atom. The molecule has 1 N–H and O–H groups in total. The topological polar surface area (TPSA) is 51.2 Å². The molecule has 0 spiro atoms. The molecular formula is C20H19FN2O2. The van der Waals surface area contributed by atoms with Crippen LogP contribution in [0.2, 0.25) is 0 Å². The lowest BCUT2D eigenvalue weighted by Gasteiger charge is -2.14. The van der Waals surface area contributed by atoms with Crippen LogP contribution in [0.15, 0.2) is 54.7 Å². The van der Waals surface area contributed by atoms with Gasteiger partial charge in [-0.3, -0.25) is 4.98 Å². The summed E-state index contributed by atoms with van der Waals surface area (Å²) in [6.45, 7) is 2.62. The largest absolute Gasteiger partial charge is 0.462 e. The van der Waals surface area contributed by atoms with E-state index in [4.69, 9.17) is 4.74 Å². The van der Waals surface area contributed by atoms with Crippen molar-refractivity contribution in [1.29, 1.82) is 0 Å². The number of benzene rings is 2. The lowest BCUT2D eigenvalue weighted by Crippen LogP contribution is -2.13. The molecule has 3 rings (SSSR count). The number of anilines is 1. The van der Waals surface area contributed by atoms with Crippen LogP contribution in [0.3, 0.4) is 0 Å². The van der Waals surface area contributed by atoms with Crippen molar-refractivity contribution >= 4 is 22.6 Å². The van der Waals surface area contributed by atoms with E-state index < -0.39 is 5.97 Å². The number of hydrogen-bond acceptors (Lipinski definition) is 4. The van der Waals surface area contributed by atoms with E-state index in [1.807, 2.05) is 30.3 Å². The average molecular weight is 338 g/mol. The molecule has 0 atom stereocenters. The second-order valence-corrected chi connectivity index (χ2v) is 5.59. The Balaban J connectivity index is 1.92. The minimum atomic E-state index is -0.469. The van der Waals surface area contributed by atoms with E-state index in [2.05, 4.69) is 10.3 Å². The van der Waals surface area contributed by atoms with Crippen LogP contribution in [0.1, 0.15) is 22.8 Å². The molecule has 0 radical (unpaired) electrons. The van der Waals surface area contributed by atoms with Gasteiger partial charge < -0.3 is 10.1 Å². The van der Waals surface area contributed by atoms with E-state index in [0.717, 1.165) is 6.42 Å².